The lowest BCUT2D eigenvalue weighted by Gasteiger charge is -2.21. The molecule has 3 nitrogen and oxygen atoms in total. The van der Waals surface area contributed by atoms with Gasteiger partial charge < -0.3 is 9.64 Å². The third-order valence-electron chi connectivity index (χ3n) is 6.73. The van der Waals surface area contributed by atoms with Crippen molar-refractivity contribution < 1.29 is 9.53 Å². The van der Waals surface area contributed by atoms with E-state index in [0.29, 0.717) is 13.0 Å². The zero-order valence-electron chi connectivity index (χ0n) is 24.2. The summed E-state index contributed by atoms with van der Waals surface area (Å²) in [7, 11) is 4.40. The minimum absolute atomic E-state index is 0.0358. The van der Waals surface area contributed by atoms with Gasteiger partial charge in [0.15, 0.2) is 0 Å². The van der Waals surface area contributed by atoms with E-state index in [2.05, 4.69) is 50.2 Å². The van der Waals surface area contributed by atoms with Gasteiger partial charge in [0.05, 0.1) is 6.61 Å². The molecule has 0 aliphatic rings. The third-order valence-corrected chi connectivity index (χ3v) is 6.73. The Kier molecular flexibility index (Phi) is 26.6. The van der Waals surface area contributed by atoms with E-state index in [-0.39, 0.29) is 5.97 Å². The summed E-state index contributed by atoms with van der Waals surface area (Å²) in [5.74, 6) is 0.791. The van der Waals surface area contributed by atoms with Crippen molar-refractivity contribution >= 4 is 5.97 Å². The molecule has 1 atom stereocenters. The Labute approximate surface area is 220 Å². The highest BCUT2D eigenvalue weighted by Gasteiger charge is 2.10. The van der Waals surface area contributed by atoms with E-state index in [0.717, 1.165) is 25.2 Å². The first-order valence-corrected chi connectivity index (χ1v) is 15.2. The number of carbonyl (C=O) groups excluding carboxylic acids is 1. The van der Waals surface area contributed by atoms with Gasteiger partial charge >= 0.3 is 5.97 Å². The topological polar surface area (TPSA) is 29.5 Å². The molecule has 0 saturated carbocycles. The van der Waals surface area contributed by atoms with E-state index in [1.54, 1.807) is 0 Å². The predicted molar refractivity (Wildman–Crippen MR) is 155 cm³/mol. The minimum atomic E-state index is -0.0358. The van der Waals surface area contributed by atoms with Crippen molar-refractivity contribution in [1.29, 1.82) is 0 Å². The largest absolute Gasteiger partial charge is 0.466 e. The molecule has 0 aromatic rings. The Bertz CT molecular complexity index is 498. The average Bonchev–Trinajstić information content (AvgIpc) is 2.82. The van der Waals surface area contributed by atoms with Crippen LogP contribution in [0, 0.1) is 5.92 Å². The quantitative estimate of drug-likeness (QED) is 0.0685. The van der Waals surface area contributed by atoms with Gasteiger partial charge in [-0.2, -0.15) is 0 Å². The Balaban J connectivity index is 3.61. The number of unbranched alkanes of at least 4 members (excludes halogenated alkanes) is 13. The predicted octanol–water partition coefficient (Wildman–Crippen LogP) is 9.66. The molecule has 0 amide bonds. The number of allylic oxidation sites excluding steroid dienone is 4. The van der Waals surface area contributed by atoms with Crippen molar-refractivity contribution in [1.82, 2.24) is 4.90 Å². The van der Waals surface area contributed by atoms with E-state index in [4.69, 9.17) is 4.74 Å². The van der Waals surface area contributed by atoms with E-state index in [9.17, 15) is 4.79 Å². The number of ether oxygens (including phenoxy) is 1. The normalized spacial score (nSPS) is 12.8. The van der Waals surface area contributed by atoms with Crippen LogP contribution in [0.3, 0.4) is 0 Å². The van der Waals surface area contributed by atoms with Crippen molar-refractivity contribution in [3.8, 4) is 0 Å². The molecule has 0 aliphatic heterocycles. The van der Waals surface area contributed by atoms with Crippen LogP contribution in [0.5, 0.6) is 0 Å². The summed E-state index contributed by atoms with van der Waals surface area (Å²) in [6, 6.07) is 0. The molecule has 0 aromatic carbocycles. The molecule has 0 heterocycles. The van der Waals surface area contributed by atoms with Gasteiger partial charge in [0.2, 0.25) is 0 Å². The van der Waals surface area contributed by atoms with Crippen LogP contribution in [-0.2, 0) is 9.53 Å². The molecular formula is C32H61NO2. The van der Waals surface area contributed by atoms with Crippen LogP contribution in [0.25, 0.3) is 0 Å². The number of hydrogen-bond acceptors (Lipinski definition) is 3. The number of carbonyl (C=O) groups is 1. The maximum Gasteiger partial charge on any atom is 0.305 e. The van der Waals surface area contributed by atoms with Gasteiger partial charge in [-0.3, -0.25) is 4.79 Å². The van der Waals surface area contributed by atoms with Gasteiger partial charge in [-0.15, -0.1) is 0 Å². The second-order valence-electron chi connectivity index (χ2n) is 10.6. The molecule has 0 rings (SSSR count). The van der Waals surface area contributed by atoms with Gasteiger partial charge in [-0.1, -0.05) is 102 Å². The van der Waals surface area contributed by atoms with Crippen molar-refractivity contribution in [2.24, 2.45) is 5.92 Å². The summed E-state index contributed by atoms with van der Waals surface area (Å²) >= 11 is 0. The lowest BCUT2D eigenvalue weighted by atomic mass is 9.93. The number of rotatable bonds is 26. The number of esters is 1. The van der Waals surface area contributed by atoms with Gasteiger partial charge in [-0.05, 0) is 78.3 Å². The maximum atomic E-state index is 11.4. The molecular weight excluding hydrogens is 430 g/mol. The van der Waals surface area contributed by atoms with Crippen LogP contribution in [0.1, 0.15) is 142 Å². The summed E-state index contributed by atoms with van der Waals surface area (Å²) in [5, 5.41) is 0. The van der Waals surface area contributed by atoms with E-state index < -0.39 is 0 Å². The summed E-state index contributed by atoms with van der Waals surface area (Å²) in [5.41, 5.74) is 0. The van der Waals surface area contributed by atoms with Gasteiger partial charge in [0.25, 0.3) is 0 Å². The first kappa shape index (κ1) is 33.9. The molecule has 0 N–H and O–H groups in total. The molecule has 0 saturated heterocycles. The second-order valence-corrected chi connectivity index (χ2v) is 10.6. The van der Waals surface area contributed by atoms with Crippen molar-refractivity contribution in [3.05, 3.63) is 24.3 Å². The average molecular weight is 492 g/mol. The fourth-order valence-corrected chi connectivity index (χ4v) is 4.73. The SMILES string of the molecule is CCCCC/C=C\C/C=C\CCCCCCCCCC(CCCCCCC(=O)OCC)CN(C)C. The minimum Gasteiger partial charge on any atom is -0.466 e. The lowest BCUT2D eigenvalue weighted by Crippen LogP contribution is -2.21. The summed E-state index contributed by atoms with van der Waals surface area (Å²) in [4.78, 5) is 13.8. The number of nitrogens with zero attached hydrogens (tertiary/aromatic N) is 1. The van der Waals surface area contributed by atoms with Crippen LogP contribution in [0.2, 0.25) is 0 Å². The highest BCUT2D eigenvalue weighted by Crippen LogP contribution is 2.20. The monoisotopic (exact) mass is 491 g/mol. The lowest BCUT2D eigenvalue weighted by molar-refractivity contribution is -0.143. The Hall–Kier alpha value is -1.09. The first-order chi connectivity index (χ1) is 17.1. The van der Waals surface area contributed by atoms with Gasteiger partial charge in [-0.25, -0.2) is 0 Å². The standard InChI is InChI=1S/C32H61NO2/c1-5-7-8-9-10-11-12-13-14-15-16-17-18-19-20-21-24-27-31(30-33(3)4)28-25-22-23-26-29-32(34)35-6-2/h10-11,13-14,31H,5-9,12,15-30H2,1-4H3/b11-10-,14-13-. The van der Waals surface area contributed by atoms with Gasteiger partial charge in [0.1, 0.15) is 0 Å². The maximum absolute atomic E-state index is 11.4. The van der Waals surface area contributed by atoms with Gasteiger partial charge in [0, 0.05) is 13.0 Å². The zero-order chi connectivity index (χ0) is 25.8. The molecule has 1 unspecified atom stereocenters. The fourth-order valence-electron chi connectivity index (χ4n) is 4.73. The molecule has 206 valence electrons. The Morgan fingerprint density at radius 3 is 1.74 bits per heavy atom. The number of hydrogen-bond donors (Lipinski definition) is 0. The highest BCUT2D eigenvalue weighted by atomic mass is 16.5. The van der Waals surface area contributed by atoms with Crippen LogP contribution >= 0.6 is 0 Å². The molecule has 3 heteroatoms. The Morgan fingerprint density at radius 1 is 0.686 bits per heavy atom. The van der Waals surface area contributed by atoms with E-state index in [1.165, 1.54) is 109 Å². The van der Waals surface area contributed by atoms with Crippen LogP contribution in [0.15, 0.2) is 24.3 Å². The molecule has 0 aromatic heterocycles. The van der Waals surface area contributed by atoms with E-state index >= 15 is 0 Å². The molecule has 0 bridgehead atoms. The molecule has 35 heavy (non-hydrogen) atoms. The molecule has 0 aliphatic carbocycles. The molecule has 0 fully saturated rings. The van der Waals surface area contributed by atoms with Crippen LogP contribution < -0.4 is 0 Å². The Morgan fingerprint density at radius 2 is 1.20 bits per heavy atom. The second kappa shape index (κ2) is 27.5. The third kappa shape index (κ3) is 27.3. The molecule has 0 radical (unpaired) electrons. The van der Waals surface area contributed by atoms with E-state index in [1.807, 2.05) is 6.92 Å². The van der Waals surface area contributed by atoms with Crippen LogP contribution in [-0.4, -0.2) is 38.1 Å². The zero-order valence-corrected chi connectivity index (χ0v) is 24.2. The summed E-state index contributed by atoms with van der Waals surface area (Å²) in [6.07, 6.45) is 34.7. The smallest absolute Gasteiger partial charge is 0.305 e. The van der Waals surface area contributed by atoms with Crippen molar-refractivity contribution in [2.45, 2.75) is 142 Å². The highest BCUT2D eigenvalue weighted by molar-refractivity contribution is 5.69. The first-order valence-electron chi connectivity index (χ1n) is 15.2. The molecule has 0 spiro atoms. The summed E-state index contributed by atoms with van der Waals surface area (Å²) in [6.45, 7) is 5.85. The fraction of sp³-hybridized carbons (Fsp3) is 0.844. The van der Waals surface area contributed by atoms with Crippen LogP contribution in [0.4, 0.5) is 0 Å². The summed E-state index contributed by atoms with van der Waals surface area (Å²) < 4.78 is 5.01. The van der Waals surface area contributed by atoms with Crippen molar-refractivity contribution in [2.75, 3.05) is 27.2 Å². The van der Waals surface area contributed by atoms with Crippen molar-refractivity contribution in [3.63, 3.8) is 0 Å².